The summed E-state index contributed by atoms with van der Waals surface area (Å²) in [5, 5.41) is 6.68. The fourth-order valence-corrected chi connectivity index (χ4v) is 3.64. The Labute approximate surface area is 140 Å². The third-order valence-electron chi connectivity index (χ3n) is 4.23. The number of likely N-dealkylation sites (tertiary alicyclic amines) is 1. The maximum atomic E-state index is 12.7. The fourth-order valence-electron chi connectivity index (χ4n) is 2.84. The highest BCUT2D eigenvalue weighted by Gasteiger charge is 2.29. The van der Waals surface area contributed by atoms with Crippen LogP contribution in [0.15, 0.2) is 34.1 Å². The first-order valence-corrected chi connectivity index (χ1v) is 9.13. The number of H-pyrrole nitrogens is 1. The van der Waals surface area contributed by atoms with Crippen LogP contribution in [0.4, 0.5) is 0 Å². The zero-order valence-corrected chi connectivity index (χ0v) is 14.4. The van der Waals surface area contributed by atoms with Crippen molar-refractivity contribution in [3.8, 4) is 0 Å². The van der Waals surface area contributed by atoms with Crippen LogP contribution in [0.5, 0.6) is 0 Å². The van der Waals surface area contributed by atoms with Crippen LogP contribution < -0.4 is 0 Å². The number of hydrogen-bond acceptors (Lipinski definition) is 5. The highest BCUT2D eigenvalue weighted by atomic mass is 32.2. The van der Waals surface area contributed by atoms with Crippen LogP contribution in [0.3, 0.4) is 0 Å². The Morgan fingerprint density at radius 1 is 1.46 bits per heavy atom. The lowest BCUT2D eigenvalue weighted by Gasteiger charge is -2.31. The van der Waals surface area contributed by atoms with Gasteiger partial charge in [0, 0.05) is 51.1 Å². The van der Waals surface area contributed by atoms with Crippen LogP contribution in [-0.4, -0.2) is 60.9 Å². The third kappa shape index (κ3) is 3.09. The molecule has 0 aromatic carbocycles. The molecule has 1 fully saturated rings. The number of nitrogens with zero attached hydrogens (tertiary/aromatic N) is 3. The number of sulfonamides is 1. The maximum Gasteiger partial charge on any atom is 0.275 e. The fraction of sp³-hybridized carbons (Fsp3) is 0.467. The molecule has 0 radical (unpaired) electrons. The van der Waals surface area contributed by atoms with Crippen molar-refractivity contribution in [3.63, 3.8) is 0 Å². The van der Waals surface area contributed by atoms with E-state index in [1.807, 2.05) is 6.07 Å². The zero-order valence-electron chi connectivity index (χ0n) is 13.6. The first-order chi connectivity index (χ1) is 11.4. The Morgan fingerprint density at radius 3 is 2.92 bits per heavy atom. The molecular formula is C15H20N4O4S. The van der Waals surface area contributed by atoms with Crippen molar-refractivity contribution in [1.82, 2.24) is 19.4 Å². The van der Waals surface area contributed by atoms with Gasteiger partial charge in [-0.25, -0.2) is 12.7 Å². The first kappa shape index (κ1) is 16.7. The lowest BCUT2D eigenvalue weighted by Crippen LogP contribution is -2.39. The van der Waals surface area contributed by atoms with E-state index >= 15 is 0 Å². The molecular weight excluding hydrogens is 332 g/mol. The molecule has 9 heteroatoms. The van der Waals surface area contributed by atoms with Crippen LogP contribution in [0.25, 0.3) is 0 Å². The molecule has 24 heavy (non-hydrogen) atoms. The highest BCUT2D eigenvalue weighted by Crippen LogP contribution is 2.27. The number of hydrogen-bond donors (Lipinski definition) is 1. The second kappa shape index (κ2) is 6.40. The summed E-state index contributed by atoms with van der Waals surface area (Å²) in [6.07, 6.45) is 4.77. The molecule has 1 atom stereocenters. The Morgan fingerprint density at radius 2 is 2.25 bits per heavy atom. The standard InChI is InChI=1S/C15H20N4O4S/c1-18(2)24(21,22)14-8-12(10-23-14)15(20)19-7-3-4-11(9-19)13-5-6-16-17-13/h5-6,8,10-11H,3-4,7,9H2,1-2H3,(H,16,17). The van der Waals surface area contributed by atoms with Gasteiger partial charge < -0.3 is 9.32 Å². The van der Waals surface area contributed by atoms with Crippen molar-refractivity contribution in [3.05, 3.63) is 35.9 Å². The number of amides is 1. The van der Waals surface area contributed by atoms with E-state index in [0.29, 0.717) is 13.1 Å². The lowest BCUT2D eigenvalue weighted by atomic mass is 9.94. The second-order valence-corrected chi connectivity index (χ2v) is 8.13. The van der Waals surface area contributed by atoms with Gasteiger partial charge in [-0.3, -0.25) is 9.89 Å². The van der Waals surface area contributed by atoms with Gasteiger partial charge in [0.15, 0.2) is 0 Å². The Bertz CT molecular complexity index is 810. The number of aromatic nitrogens is 2. The first-order valence-electron chi connectivity index (χ1n) is 7.69. The van der Waals surface area contributed by atoms with Gasteiger partial charge >= 0.3 is 0 Å². The average molecular weight is 352 g/mol. The molecule has 1 aliphatic heterocycles. The Balaban J connectivity index is 1.76. The molecule has 1 saturated heterocycles. The van der Waals surface area contributed by atoms with Gasteiger partial charge in [-0.1, -0.05) is 0 Å². The predicted molar refractivity (Wildman–Crippen MR) is 86.0 cm³/mol. The van der Waals surface area contributed by atoms with E-state index in [4.69, 9.17) is 4.42 Å². The molecule has 8 nitrogen and oxygen atoms in total. The summed E-state index contributed by atoms with van der Waals surface area (Å²) < 4.78 is 30.3. The van der Waals surface area contributed by atoms with E-state index in [-0.39, 0.29) is 22.5 Å². The van der Waals surface area contributed by atoms with Gasteiger partial charge in [0.25, 0.3) is 15.9 Å². The summed E-state index contributed by atoms with van der Waals surface area (Å²) >= 11 is 0. The summed E-state index contributed by atoms with van der Waals surface area (Å²) in [4.78, 5) is 14.4. The molecule has 1 N–H and O–H groups in total. The Kier molecular flexibility index (Phi) is 4.46. The van der Waals surface area contributed by atoms with Crippen molar-refractivity contribution in [2.45, 2.75) is 23.9 Å². The number of rotatable bonds is 4. The smallest absolute Gasteiger partial charge is 0.275 e. The quantitative estimate of drug-likeness (QED) is 0.893. The minimum absolute atomic E-state index is 0.210. The van der Waals surface area contributed by atoms with Crippen LogP contribution in [0, 0.1) is 0 Å². The van der Waals surface area contributed by atoms with Gasteiger partial charge in [0.2, 0.25) is 5.09 Å². The maximum absolute atomic E-state index is 12.7. The van der Waals surface area contributed by atoms with Crippen LogP contribution in [-0.2, 0) is 10.0 Å². The molecule has 1 unspecified atom stereocenters. The highest BCUT2D eigenvalue weighted by molar-refractivity contribution is 7.88. The van der Waals surface area contributed by atoms with Gasteiger partial charge in [-0.15, -0.1) is 0 Å². The largest absolute Gasteiger partial charge is 0.451 e. The molecule has 1 aliphatic rings. The zero-order chi connectivity index (χ0) is 17.3. The molecule has 0 bridgehead atoms. The number of nitrogens with one attached hydrogen (secondary N) is 1. The molecule has 130 valence electrons. The van der Waals surface area contributed by atoms with Crippen molar-refractivity contribution in [2.24, 2.45) is 0 Å². The number of carbonyl (C=O) groups excluding carboxylic acids is 1. The van der Waals surface area contributed by atoms with Gasteiger partial charge in [-0.2, -0.15) is 5.10 Å². The van der Waals surface area contributed by atoms with Crippen LogP contribution >= 0.6 is 0 Å². The number of aromatic amines is 1. The lowest BCUT2D eigenvalue weighted by molar-refractivity contribution is 0.0705. The van der Waals surface area contributed by atoms with E-state index < -0.39 is 10.0 Å². The molecule has 3 rings (SSSR count). The molecule has 0 spiro atoms. The summed E-state index contributed by atoms with van der Waals surface area (Å²) in [6, 6.07) is 3.20. The van der Waals surface area contributed by atoms with Crippen molar-refractivity contribution < 1.29 is 17.6 Å². The topological polar surface area (TPSA) is 99.5 Å². The number of carbonyl (C=O) groups is 1. The van der Waals surface area contributed by atoms with Crippen molar-refractivity contribution in [1.29, 1.82) is 0 Å². The minimum atomic E-state index is -3.68. The van der Waals surface area contributed by atoms with Gasteiger partial charge in [0.05, 0.1) is 5.56 Å². The number of piperidine rings is 1. The summed E-state index contributed by atoms with van der Waals surface area (Å²) in [6.45, 7) is 1.21. The molecule has 0 saturated carbocycles. The SMILES string of the molecule is CN(C)S(=O)(=O)c1cc(C(=O)N2CCCC(c3ccn[nH]3)C2)co1. The molecule has 3 heterocycles. The van der Waals surface area contributed by atoms with Gasteiger partial charge in [0.1, 0.15) is 6.26 Å². The summed E-state index contributed by atoms with van der Waals surface area (Å²) in [5.41, 5.74) is 1.26. The normalized spacial score (nSPS) is 19.0. The monoisotopic (exact) mass is 352 g/mol. The van der Waals surface area contributed by atoms with Crippen LogP contribution in [0.2, 0.25) is 0 Å². The van der Waals surface area contributed by atoms with E-state index in [9.17, 15) is 13.2 Å². The number of furan rings is 1. The van der Waals surface area contributed by atoms with E-state index in [1.54, 1.807) is 11.1 Å². The minimum Gasteiger partial charge on any atom is -0.451 e. The molecule has 2 aromatic rings. The van der Waals surface area contributed by atoms with E-state index in [0.717, 1.165) is 22.8 Å². The average Bonchev–Trinajstić information content (AvgIpc) is 3.26. The summed E-state index contributed by atoms with van der Waals surface area (Å²) in [5.74, 6) is -0.00903. The van der Waals surface area contributed by atoms with Crippen LogP contribution in [0.1, 0.15) is 34.8 Å². The Hall–Kier alpha value is -2.13. The van der Waals surface area contributed by atoms with Crippen molar-refractivity contribution >= 4 is 15.9 Å². The third-order valence-corrected chi connectivity index (χ3v) is 5.91. The molecule has 1 amide bonds. The van der Waals surface area contributed by atoms with Crippen molar-refractivity contribution in [2.75, 3.05) is 27.2 Å². The molecule has 0 aliphatic carbocycles. The van der Waals surface area contributed by atoms with E-state index in [1.165, 1.54) is 26.4 Å². The second-order valence-electron chi connectivity index (χ2n) is 6.04. The molecule has 2 aromatic heterocycles. The predicted octanol–water partition coefficient (Wildman–Crippen LogP) is 1.27. The van der Waals surface area contributed by atoms with Gasteiger partial charge in [-0.05, 0) is 18.9 Å². The van der Waals surface area contributed by atoms with E-state index in [2.05, 4.69) is 10.2 Å². The summed E-state index contributed by atoms with van der Waals surface area (Å²) in [7, 11) is -0.853.